The Morgan fingerprint density at radius 2 is 2.00 bits per heavy atom. The standard InChI is InChI=1S/C13H12N2O/c1-8(16)13-14-11-7-6-9-4-2-3-5-10(9)12(11)15-13/h2-8,16H,1H3,(H,14,15)/t8-/m0/s1. The second-order valence-corrected chi connectivity index (χ2v) is 3.98. The third kappa shape index (κ3) is 1.29. The zero-order valence-electron chi connectivity index (χ0n) is 8.94. The molecule has 0 saturated carbocycles. The van der Waals surface area contributed by atoms with Crippen LogP contribution in [-0.4, -0.2) is 15.1 Å². The van der Waals surface area contributed by atoms with Crippen LogP contribution in [-0.2, 0) is 0 Å². The third-order valence-electron chi connectivity index (χ3n) is 2.80. The van der Waals surface area contributed by atoms with Crippen molar-refractivity contribution in [3.8, 4) is 0 Å². The summed E-state index contributed by atoms with van der Waals surface area (Å²) in [6.07, 6.45) is -0.564. The monoisotopic (exact) mass is 212 g/mol. The highest BCUT2D eigenvalue weighted by Gasteiger charge is 2.09. The minimum atomic E-state index is -0.564. The average molecular weight is 212 g/mol. The first-order valence-corrected chi connectivity index (χ1v) is 5.31. The highest BCUT2D eigenvalue weighted by Crippen LogP contribution is 2.24. The predicted molar refractivity (Wildman–Crippen MR) is 64.2 cm³/mol. The summed E-state index contributed by atoms with van der Waals surface area (Å²) >= 11 is 0. The minimum Gasteiger partial charge on any atom is -0.385 e. The fourth-order valence-electron chi connectivity index (χ4n) is 1.97. The van der Waals surface area contributed by atoms with Gasteiger partial charge in [0.2, 0.25) is 0 Å². The topological polar surface area (TPSA) is 48.9 Å². The number of aromatic nitrogens is 2. The van der Waals surface area contributed by atoms with Crippen LogP contribution in [0.2, 0.25) is 0 Å². The van der Waals surface area contributed by atoms with Gasteiger partial charge in [0.15, 0.2) is 0 Å². The Morgan fingerprint density at radius 1 is 1.19 bits per heavy atom. The highest BCUT2D eigenvalue weighted by atomic mass is 16.3. The quantitative estimate of drug-likeness (QED) is 0.651. The van der Waals surface area contributed by atoms with Gasteiger partial charge < -0.3 is 10.1 Å². The maximum absolute atomic E-state index is 9.50. The molecule has 0 amide bonds. The Morgan fingerprint density at radius 3 is 2.81 bits per heavy atom. The number of aliphatic hydroxyl groups excluding tert-OH is 1. The molecule has 3 heteroatoms. The van der Waals surface area contributed by atoms with Crippen LogP contribution >= 0.6 is 0 Å². The van der Waals surface area contributed by atoms with Crippen LogP contribution in [0.25, 0.3) is 21.8 Å². The molecule has 16 heavy (non-hydrogen) atoms. The van der Waals surface area contributed by atoms with Gasteiger partial charge in [-0.2, -0.15) is 0 Å². The molecule has 3 aromatic rings. The second-order valence-electron chi connectivity index (χ2n) is 3.98. The average Bonchev–Trinajstić information content (AvgIpc) is 2.73. The molecule has 0 unspecified atom stereocenters. The maximum Gasteiger partial charge on any atom is 0.135 e. The molecule has 80 valence electrons. The van der Waals surface area contributed by atoms with Gasteiger partial charge in [-0.3, -0.25) is 0 Å². The summed E-state index contributed by atoms with van der Waals surface area (Å²) in [5.74, 6) is 0.617. The van der Waals surface area contributed by atoms with Crippen molar-refractivity contribution in [2.75, 3.05) is 0 Å². The predicted octanol–water partition coefficient (Wildman–Crippen LogP) is 2.77. The summed E-state index contributed by atoms with van der Waals surface area (Å²) in [5.41, 5.74) is 1.89. The number of fused-ring (bicyclic) bond motifs is 3. The number of rotatable bonds is 1. The molecule has 0 saturated heterocycles. The summed E-state index contributed by atoms with van der Waals surface area (Å²) in [6, 6.07) is 12.2. The van der Waals surface area contributed by atoms with Gasteiger partial charge in [0, 0.05) is 5.39 Å². The van der Waals surface area contributed by atoms with E-state index in [0.29, 0.717) is 5.82 Å². The Labute approximate surface area is 92.7 Å². The Bertz CT molecular complexity index is 655. The van der Waals surface area contributed by atoms with E-state index in [0.717, 1.165) is 16.4 Å². The number of H-pyrrole nitrogens is 1. The van der Waals surface area contributed by atoms with Crippen molar-refractivity contribution in [3.05, 3.63) is 42.2 Å². The van der Waals surface area contributed by atoms with Crippen molar-refractivity contribution in [2.45, 2.75) is 13.0 Å². The van der Waals surface area contributed by atoms with Crippen LogP contribution < -0.4 is 0 Å². The molecule has 1 heterocycles. The summed E-state index contributed by atoms with van der Waals surface area (Å²) in [6.45, 7) is 1.71. The molecule has 0 aliphatic carbocycles. The SMILES string of the molecule is C[C@H](O)c1nc2ccc3ccccc3c2[nH]1. The molecule has 0 spiro atoms. The van der Waals surface area contributed by atoms with E-state index in [1.165, 1.54) is 5.39 Å². The number of benzene rings is 2. The lowest BCUT2D eigenvalue weighted by molar-refractivity contribution is 0.190. The van der Waals surface area contributed by atoms with E-state index in [1.807, 2.05) is 24.3 Å². The van der Waals surface area contributed by atoms with Gasteiger partial charge >= 0.3 is 0 Å². The lowest BCUT2D eigenvalue weighted by Gasteiger charge is -1.97. The number of hydrogen-bond donors (Lipinski definition) is 2. The zero-order valence-corrected chi connectivity index (χ0v) is 8.94. The normalized spacial score (nSPS) is 13.4. The summed E-state index contributed by atoms with van der Waals surface area (Å²) < 4.78 is 0. The smallest absolute Gasteiger partial charge is 0.135 e. The van der Waals surface area contributed by atoms with Gasteiger partial charge in [-0.15, -0.1) is 0 Å². The Hall–Kier alpha value is -1.87. The van der Waals surface area contributed by atoms with Crippen molar-refractivity contribution >= 4 is 21.8 Å². The first-order chi connectivity index (χ1) is 7.75. The number of aromatic amines is 1. The van der Waals surface area contributed by atoms with Crippen LogP contribution in [0.1, 0.15) is 18.9 Å². The zero-order chi connectivity index (χ0) is 11.1. The van der Waals surface area contributed by atoms with Crippen molar-refractivity contribution in [3.63, 3.8) is 0 Å². The number of imidazole rings is 1. The van der Waals surface area contributed by atoms with Gasteiger partial charge in [-0.05, 0) is 18.4 Å². The lowest BCUT2D eigenvalue weighted by Crippen LogP contribution is -1.92. The maximum atomic E-state index is 9.50. The van der Waals surface area contributed by atoms with Crippen LogP contribution in [0.5, 0.6) is 0 Å². The van der Waals surface area contributed by atoms with Gasteiger partial charge in [0.1, 0.15) is 11.9 Å². The molecule has 3 nitrogen and oxygen atoms in total. The molecular weight excluding hydrogens is 200 g/mol. The lowest BCUT2D eigenvalue weighted by atomic mass is 10.1. The van der Waals surface area contributed by atoms with Crippen LogP contribution in [0.3, 0.4) is 0 Å². The van der Waals surface area contributed by atoms with Gasteiger partial charge in [-0.1, -0.05) is 30.3 Å². The molecule has 2 N–H and O–H groups in total. The molecule has 1 atom stereocenters. The van der Waals surface area contributed by atoms with E-state index in [2.05, 4.69) is 22.1 Å². The second kappa shape index (κ2) is 3.32. The largest absolute Gasteiger partial charge is 0.385 e. The number of aliphatic hydroxyl groups is 1. The number of nitrogens with zero attached hydrogens (tertiary/aromatic N) is 1. The van der Waals surface area contributed by atoms with Crippen molar-refractivity contribution in [2.24, 2.45) is 0 Å². The molecule has 3 rings (SSSR count). The van der Waals surface area contributed by atoms with Crippen LogP contribution in [0.4, 0.5) is 0 Å². The first kappa shape index (κ1) is 9.36. The third-order valence-corrected chi connectivity index (χ3v) is 2.80. The van der Waals surface area contributed by atoms with Crippen LogP contribution in [0, 0.1) is 0 Å². The fourth-order valence-corrected chi connectivity index (χ4v) is 1.97. The molecule has 1 aromatic heterocycles. The van der Waals surface area contributed by atoms with E-state index in [-0.39, 0.29) is 0 Å². The number of nitrogens with one attached hydrogen (secondary N) is 1. The van der Waals surface area contributed by atoms with E-state index >= 15 is 0 Å². The molecular formula is C13H12N2O. The molecule has 0 bridgehead atoms. The van der Waals surface area contributed by atoms with E-state index in [9.17, 15) is 5.11 Å². The Kier molecular flexibility index (Phi) is 1.94. The minimum absolute atomic E-state index is 0.564. The highest BCUT2D eigenvalue weighted by molar-refractivity contribution is 6.04. The van der Waals surface area contributed by atoms with E-state index in [1.54, 1.807) is 6.92 Å². The first-order valence-electron chi connectivity index (χ1n) is 5.31. The van der Waals surface area contributed by atoms with Crippen molar-refractivity contribution < 1.29 is 5.11 Å². The summed E-state index contributed by atoms with van der Waals surface area (Å²) in [4.78, 5) is 7.53. The van der Waals surface area contributed by atoms with E-state index in [4.69, 9.17) is 0 Å². The Balaban J connectivity index is 2.41. The summed E-state index contributed by atoms with van der Waals surface area (Å²) in [7, 11) is 0. The number of hydrogen-bond acceptors (Lipinski definition) is 2. The van der Waals surface area contributed by atoms with Gasteiger partial charge in [0.25, 0.3) is 0 Å². The van der Waals surface area contributed by atoms with Gasteiger partial charge in [0.05, 0.1) is 11.0 Å². The van der Waals surface area contributed by atoms with Crippen molar-refractivity contribution in [1.82, 2.24) is 9.97 Å². The summed E-state index contributed by atoms with van der Waals surface area (Å²) in [5, 5.41) is 11.8. The van der Waals surface area contributed by atoms with Crippen LogP contribution in [0.15, 0.2) is 36.4 Å². The van der Waals surface area contributed by atoms with Crippen molar-refractivity contribution in [1.29, 1.82) is 0 Å². The molecule has 0 radical (unpaired) electrons. The molecule has 2 aromatic carbocycles. The fraction of sp³-hybridized carbons (Fsp3) is 0.154. The molecule has 0 fully saturated rings. The molecule has 0 aliphatic rings. The van der Waals surface area contributed by atoms with E-state index < -0.39 is 6.10 Å². The van der Waals surface area contributed by atoms with Gasteiger partial charge in [-0.25, -0.2) is 4.98 Å². The molecule has 0 aliphatic heterocycles.